The van der Waals surface area contributed by atoms with Crippen molar-refractivity contribution >= 4 is 12.0 Å². The van der Waals surface area contributed by atoms with Crippen LogP contribution in [0.1, 0.15) is 19.8 Å². The van der Waals surface area contributed by atoms with Crippen LogP contribution in [-0.4, -0.2) is 36.2 Å². The average Bonchev–Trinajstić information content (AvgIpc) is 2.14. The van der Waals surface area contributed by atoms with Gasteiger partial charge in [-0.25, -0.2) is 9.59 Å². The van der Waals surface area contributed by atoms with Gasteiger partial charge in [0.2, 0.25) is 0 Å². The molecule has 0 aliphatic heterocycles. The predicted molar refractivity (Wildman–Crippen MR) is 51.9 cm³/mol. The lowest BCUT2D eigenvalue weighted by Crippen LogP contribution is -2.46. The van der Waals surface area contributed by atoms with Crippen molar-refractivity contribution in [2.75, 3.05) is 13.1 Å². The third kappa shape index (κ3) is 5.36. The summed E-state index contributed by atoms with van der Waals surface area (Å²) >= 11 is 0. The Hall–Kier alpha value is -1.30. The molecule has 0 unspecified atom stereocenters. The van der Waals surface area contributed by atoms with Crippen LogP contribution >= 0.6 is 0 Å². The standard InChI is InChI=1S/C8H17N3O3/c1-2-6(7(12)13)11-8(14)10-5-3-4-9/h6H,2-5,9H2,1H3,(H,12,13)(H2,10,11,14)/t6-/m0/s1. The fraction of sp³-hybridized carbons (Fsp3) is 0.750. The quantitative estimate of drug-likeness (QED) is 0.437. The van der Waals surface area contributed by atoms with Gasteiger partial charge in [0.1, 0.15) is 6.04 Å². The van der Waals surface area contributed by atoms with E-state index in [9.17, 15) is 9.59 Å². The summed E-state index contributed by atoms with van der Waals surface area (Å²) in [5.74, 6) is -1.03. The number of hydrogen-bond donors (Lipinski definition) is 4. The Labute approximate surface area is 82.9 Å². The molecule has 0 aromatic rings. The molecule has 0 heterocycles. The highest BCUT2D eigenvalue weighted by atomic mass is 16.4. The number of urea groups is 1. The van der Waals surface area contributed by atoms with Gasteiger partial charge in [-0.15, -0.1) is 0 Å². The van der Waals surface area contributed by atoms with E-state index >= 15 is 0 Å². The largest absolute Gasteiger partial charge is 0.480 e. The third-order valence-electron chi connectivity index (χ3n) is 1.68. The molecule has 0 spiro atoms. The molecule has 14 heavy (non-hydrogen) atoms. The van der Waals surface area contributed by atoms with Crippen LogP contribution in [0.3, 0.4) is 0 Å². The van der Waals surface area contributed by atoms with Gasteiger partial charge in [0.25, 0.3) is 0 Å². The monoisotopic (exact) mass is 203 g/mol. The zero-order chi connectivity index (χ0) is 11.0. The Bertz CT molecular complexity index is 196. The molecule has 6 heteroatoms. The van der Waals surface area contributed by atoms with Gasteiger partial charge < -0.3 is 21.5 Å². The van der Waals surface area contributed by atoms with Crippen LogP contribution in [0.4, 0.5) is 4.79 Å². The topological polar surface area (TPSA) is 104 Å². The maximum atomic E-state index is 11.1. The van der Waals surface area contributed by atoms with E-state index in [-0.39, 0.29) is 0 Å². The number of nitrogens with two attached hydrogens (primary N) is 1. The zero-order valence-electron chi connectivity index (χ0n) is 8.25. The molecule has 0 aliphatic rings. The first-order valence-corrected chi connectivity index (χ1v) is 4.59. The fourth-order valence-electron chi connectivity index (χ4n) is 0.852. The number of nitrogens with one attached hydrogen (secondary N) is 2. The summed E-state index contributed by atoms with van der Waals surface area (Å²) in [5, 5.41) is 13.5. The molecule has 0 radical (unpaired) electrons. The number of carboxylic acid groups (broad SMARTS) is 1. The van der Waals surface area contributed by atoms with E-state index in [1.807, 2.05) is 0 Å². The summed E-state index contributed by atoms with van der Waals surface area (Å²) in [5.41, 5.74) is 5.22. The maximum Gasteiger partial charge on any atom is 0.326 e. The molecule has 0 aromatic carbocycles. The van der Waals surface area contributed by atoms with E-state index in [0.717, 1.165) is 0 Å². The van der Waals surface area contributed by atoms with E-state index < -0.39 is 18.0 Å². The Morgan fingerprint density at radius 3 is 2.57 bits per heavy atom. The van der Waals surface area contributed by atoms with Crippen molar-refractivity contribution in [3.8, 4) is 0 Å². The lowest BCUT2D eigenvalue weighted by molar-refractivity contribution is -0.139. The number of amides is 2. The molecule has 0 aliphatic carbocycles. The Balaban J connectivity index is 3.74. The summed E-state index contributed by atoms with van der Waals surface area (Å²) in [4.78, 5) is 21.6. The molecular weight excluding hydrogens is 186 g/mol. The SMILES string of the molecule is CC[C@H](NC(=O)NCCCN)C(=O)O. The molecule has 82 valence electrons. The maximum absolute atomic E-state index is 11.1. The second-order valence-corrected chi connectivity index (χ2v) is 2.84. The van der Waals surface area contributed by atoms with E-state index in [4.69, 9.17) is 10.8 Å². The van der Waals surface area contributed by atoms with Gasteiger partial charge >= 0.3 is 12.0 Å². The van der Waals surface area contributed by atoms with E-state index in [1.165, 1.54) is 0 Å². The highest BCUT2D eigenvalue weighted by molar-refractivity contribution is 5.82. The molecule has 0 saturated carbocycles. The minimum atomic E-state index is -1.03. The molecule has 0 bridgehead atoms. The molecule has 6 nitrogen and oxygen atoms in total. The minimum absolute atomic E-state index is 0.361. The molecular formula is C8H17N3O3. The van der Waals surface area contributed by atoms with Crippen molar-refractivity contribution < 1.29 is 14.7 Å². The highest BCUT2D eigenvalue weighted by Crippen LogP contribution is 1.89. The summed E-state index contributed by atoms with van der Waals surface area (Å²) in [7, 11) is 0. The minimum Gasteiger partial charge on any atom is -0.480 e. The Morgan fingerprint density at radius 2 is 2.14 bits per heavy atom. The fourth-order valence-corrected chi connectivity index (χ4v) is 0.852. The van der Waals surface area contributed by atoms with Gasteiger partial charge in [0.05, 0.1) is 0 Å². The number of carboxylic acids is 1. The van der Waals surface area contributed by atoms with Gasteiger partial charge in [0, 0.05) is 6.54 Å². The Morgan fingerprint density at radius 1 is 1.50 bits per heavy atom. The van der Waals surface area contributed by atoms with Crippen molar-refractivity contribution in [1.82, 2.24) is 10.6 Å². The molecule has 1 atom stereocenters. The van der Waals surface area contributed by atoms with Crippen LogP contribution in [0.2, 0.25) is 0 Å². The average molecular weight is 203 g/mol. The molecule has 2 amide bonds. The van der Waals surface area contributed by atoms with Gasteiger partial charge in [-0.05, 0) is 19.4 Å². The van der Waals surface area contributed by atoms with E-state index in [1.54, 1.807) is 6.92 Å². The number of rotatable bonds is 6. The summed E-state index contributed by atoms with van der Waals surface area (Å²) in [6.07, 6.45) is 1.04. The summed E-state index contributed by atoms with van der Waals surface area (Å²) in [6.45, 7) is 2.65. The van der Waals surface area contributed by atoms with Crippen molar-refractivity contribution in [3.05, 3.63) is 0 Å². The predicted octanol–water partition coefficient (Wildman–Crippen LogP) is -0.502. The number of aliphatic carboxylic acids is 1. The van der Waals surface area contributed by atoms with Crippen LogP contribution < -0.4 is 16.4 Å². The van der Waals surface area contributed by atoms with E-state index in [2.05, 4.69) is 10.6 Å². The molecule has 0 rings (SSSR count). The third-order valence-corrected chi connectivity index (χ3v) is 1.68. The number of hydrogen-bond acceptors (Lipinski definition) is 3. The smallest absolute Gasteiger partial charge is 0.326 e. The van der Waals surface area contributed by atoms with Crippen LogP contribution in [-0.2, 0) is 4.79 Å². The second kappa shape index (κ2) is 7.14. The van der Waals surface area contributed by atoms with Crippen LogP contribution in [0.25, 0.3) is 0 Å². The number of carbonyl (C=O) groups excluding carboxylic acids is 1. The number of carbonyl (C=O) groups is 2. The Kier molecular flexibility index (Phi) is 6.47. The normalized spacial score (nSPS) is 11.9. The van der Waals surface area contributed by atoms with Gasteiger partial charge in [-0.2, -0.15) is 0 Å². The van der Waals surface area contributed by atoms with Crippen molar-refractivity contribution in [2.45, 2.75) is 25.8 Å². The van der Waals surface area contributed by atoms with Crippen LogP contribution in [0.15, 0.2) is 0 Å². The molecule has 5 N–H and O–H groups in total. The first-order chi connectivity index (χ1) is 6.61. The van der Waals surface area contributed by atoms with Crippen LogP contribution in [0, 0.1) is 0 Å². The highest BCUT2D eigenvalue weighted by Gasteiger charge is 2.16. The van der Waals surface area contributed by atoms with E-state index in [0.29, 0.717) is 25.9 Å². The van der Waals surface area contributed by atoms with Crippen molar-refractivity contribution in [3.63, 3.8) is 0 Å². The lowest BCUT2D eigenvalue weighted by Gasteiger charge is -2.12. The summed E-state index contributed by atoms with van der Waals surface area (Å²) < 4.78 is 0. The first kappa shape index (κ1) is 12.7. The van der Waals surface area contributed by atoms with Crippen LogP contribution in [0.5, 0.6) is 0 Å². The molecule has 0 aromatic heterocycles. The molecule has 0 fully saturated rings. The lowest BCUT2D eigenvalue weighted by atomic mass is 10.2. The summed E-state index contributed by atoms with van der Waals surface area (Å²) in [6, 6.07) is -1.29. The zero-order valence-corrected chi connectivity index (χ0v) is 8.25. The van der Waals surface area contributed by atoms with Crippen molar-refractivity contribution in [1.29, 1.82) is 0 Å². The van der Waals surface area contributed by atoms with Crippen molar-refractivity contribution in [2.24, 2.45) is 5.73 Å². The van der Waals surface area contributed by atoms with Gasteiger partial charge in [-0.1, -0.05) is 6.92 Å². The van der Waals surface area contributed by atoms with Gasteiger partial charge in [-0.3, -0.25) is 0 Å². The second-order valence-electron chi connectivity index (χ2n) is 2.84. The molecule has 0 saturated heterocycles. The first-order valence-electron chi connectivity index (χ1n) is 4.59. The van der Waals surface area contributed by atoms with Gasteiger partial charge in [0.15, 0.2) is 0 Å².